The van der Waals surface area contributed by atoms with E-state index in [0.717, 1.165) is 9.87 Å². The summed E-state index contributed by atoms with van der Waals surface area (Å²) in [5.74, 6) is -0.645. The smallest absolute Gasteiger partial charge is 0.270 e. The van der Waals surface area contributed by atoms with E-state index < -0.39 is 15.9 Å². The number of hydrogen-bond donors (Lipinski definition) is 1. The molecule has 0 saturated carbocycles. The minimum Gasteiger partial charge on any atom is -0.375 e. The molecule has 1 aliphatic heterocycles. The van der Waals surface area contributed by atoms with Crippen LogP contribution in [0.3, 0.4) is 0 Å². The number of carbonyl (C=O) groups is 1. The zero-order chi connectivity index (χ0) is 22.6. The Balaban J connectivity index is 1.61. The van der Waals surface area contributed by atoms with Gasteiger partial charge in [0.15, 0.2) is 4.91 Å². The lowest BCUT2D eigenvalue weighted by Crippen LogP contribution is -2.40. The van der Waals surface area contributed by atoms with Gasteiger partial charge in [-0.15, -0.1) is 0 Å². The highest BCUT2D eigenvalue weighted by molar-refractivity contribution is 7.97. The summed E-state index contributed by atoms with van der Waals surface area (Å²) in [6.07, 6.45) is 0. The average molecular weight is 449 g/mol. The fourth-order valence-corrected chi connectivity index (χ4v) is 5.16. The Hall–Kier alpha value is -3.42. The molecule has 1 heterocycles. The van der Waals surface area contributed by atoms with E-state index in [-0.39, 0.29) is 18.1 Å². The number of carbonyl (C=O) groups excluding carboxylic acids is 1. The van der Waals surface area contributed by atoms with Gasteiger partial charge in [0.2, 0.25) is 0 Å². The van der Waals surface area contributed by atoms with Gasteiger partial charge in [0.05, 0.1) is 18.9 Å². The topological polar surface area (TPSA) is 75.7 Å². The standard InChI is InChI=1S/C25H24N2O4S/c1-27-22-15-9-8-14-21(22)23(20-12-6-3-7-13-20)24(32(27,29)30)25(28)26-16-17-31-18-19-10-4-2-5-11-19/h2-15H,16-18H2,1H3,(H,26,28). The zero-order valence-electron chi connectivity index (χ0n) is 17.7. The second-order valence-corrected chi connectivity index (χ2v) is 9.26. The highest BCUT2D eigenvalue weighted by atomic mass is 32.2. The van der Waals surface area contributed by atoms with Gasteiger partial charge in [-0.25, -0.2) is 8.42 Å². The molecule has 1 amide bonds. The molecule has 0 spiro atoms. The second kappa shape index (κ2) is 9.38. The quantitative estimate of drug-likeness (QED) is 0.561. The van der Waals surface area contributed by atoms with Crippen LogP contribution in [0.2, 0.25) is 0 Å². The fraction of sp³-hybridized carbons (Fsp3) is 0.160. The third-order valence-electron chi connectivity index (χ3n) is 5.27. The van der Waals surface area contributed by atoms with Crippen molar-refractivity contribution in [3.8, 4) is 0 Å². The molecule has 1 aliphatic rings. The van der Waals surface area contributed by atoms with Crippen molar-refractivity contribution < 1.29 is 17.9 Å². The summed E-state index contributed by atoms with van der Waals surface area (Å²) in [4.78, 5) is 12.9. The minimum absolute atomic E-state index is 0.193. The lowest BCUT2D eigenvalue weighted by Gasteiger charge is -2.30. The average Bonchev–Trinajstić information content (AvgIpc) is 2.82. The van der Waals surface area contributed by atoms with Crippen molar-refractivity contribution in [2.45, 2.75) is 6.61 Å². The van der Waals surface area contributed by atoms with Crippen LogP contribution in [0, 0.1) is 0 Å². The van der Waals surface area contributed by atoms with Gasteiger partial charge in [-0.1, -0.05) is 78.9 Å². The van der Waals surface area contributed by atoms with Crippen molar-refractivity contribution in [1.29, 1.82) is 0 Å². The molecule has 164 valence electrons. The van der Waals surface area contributed by atoms with Crippen LogP contribution in [0.4, 0.5) is 5.69 Å². The number of nitrogens with one attached hydrogen (secondary N) is 1. The summed E-state index contributed by atoms with van der Waals surface area (Å²) in [7, 11) is -2.57. The van der Waals surface area contributed by atoms with Gasteiger partial charge in [-0.3, -0.25) is 9.10 Å². The van der Waals surface area contributed by atoms with Gasteiger partial charge in [0.25, 0.3) is 15.9 Å². The van der Waals surface area contributed by atoms with Crippen molar-refractivity contribution in [3.05, 3.63) is 107 Å². The predicted molar refractivity (Wildman–Crippen MR) is 125 cm³/mol. The molecule has 0 radical (unpaired) electrons. The summed E-state index contributed by atoms with van der Waals surface area (Å²) < 4.78 is 33.5. The first-order chi connectivity index (χ1) is 15.5. The molecule has 0 fully saturated rings. The number of rotatable bonds is 7. The maximum atomic E-state index is 13.4. The summed E-state index contributed by atoms with van der Waals surface area (Å²) in [6, 6.07) is 26.0. The predicted octanol–water partition coefficient (Wildman–Crippen LogP) is 3.56. The summed E-state index contributed by atoms with van der Waals surface area (Å²) >= 11 is 0. The van der Waals surface area contributed by atoms with Gasteiger partial charge in [-0.05, 0) is 17.2 Å². The van der Waals surface area contributed by atoms with Crippen LogP contribution >= 0.6 is 0 Å². The van der Waals surface area contributed by atoms with Crippen LogP contribution in [-0.2, 0) is 26.2 Å². The Morgan fingerprint density at radius 3 is 2.25 bits per heavy atom. The van der Waals surface area contributed by atoms with Crippen molar-refractivity contribution in [2.75, 3.05) is 24.5 Å². The number of benzene rings is 3. The number of ether oxygens (including phenoxy) is 1. The molecule has 4 rings (SSSR count). The molecule has 7 heteroatoms. The van der Waals surface area contributed by atoms with E-state index in [0.29, 0.717) is 29.0 Å². The molecule has 0 bridgehead atoms. The Morgan fingerprint density at radius 1 is 0.906 bits per heavy atom. The third-order valence-corrected chi connectivity index (χ3v) is 7.09. The first-order valence-electron chi connectivity index (χ1n) is 10.3. The molecule has 1 N–H and O–H groups in total. The maximum absolute atomic E-state index is 13.4. The number of nitrogens with zero attached hydrogens (tertiary/aromatic N) is 1. The van der Waals surface area contributed by atoms with Gasteiger partial charge < -0.3 is 10.1 Å². The molecule has 3 aromatic carbocycles. The van der Waals surface area contributed by atoms with Crippen LogP contribution in [-0.4, -0.2) is 34.5 Å². The molecule has 32 heavy (non-hydrogen) atoms. The van der Waals surface area contributed by atoms with Crippen LogP contribution < -0.4 is 9.62 Å². The number of hydrogen-bond acceptors (Lipinski definition) is 4. The molecule has 0 atom stereocenters. The zero-order valence-corrected chi connectivity index (χ0v) is 18.5. The molecule has 0 aromatic heterocycles. The summed E-state index contributed by atoms with van der Waals surface area (Å²) in [6.45, 7) is 0.877. The van der Waals surface area contributed by atoms with Crippen molar-refractivity contribution in [3.63, 3.8) is 0 Å². The van der Waals surface area contributed by atoms with E-state index in [1.165, 1.54) is 7.05 Å². The number of amides is 1. The Bertz CT molecular complexity index is 1240. The molecule has 0 aliphatic carbocycles. The fourth-order valence-electron chi connectivity index (χ4n) is 3.68. The van der Waals surface area contributed by atoms with E-state index in [1.54, 1.807) is 12.1 Å². The van der Waals surface area contributed by atoms with Crippen LogP contribution in [0.25, 0.3) is 5.57 Å². The van der Waals surface area contributed by atoms with E-state index in [2.05, 4.69) is 5.32 Å². The number of anilines is 1. The van der Waals surface area contributed by atoms with Crippen LogP contribution in [0.1, 0.15) is 16.7 Å². The SMILES string of the molecule is CN1c2ccccc2C(c2ccccc2)=C(C(=O)NCCOCc2ccccc2)S1(=O)=O. The van der Waals surface area contributed by atoms with E-state index in [9.17, 15) is 13.2 Å². The normalized spacial score (nSPS) is 14.7. The lowest BCUT2D eigenvalue weighted by atomic mass is 9.95. The number of para-hydroxylation sites is 1. The van der Waals surface area contributed by atoms with E-state index in [4.69, 9.17) is 4.74 Å². The summed E-state index contributed by atoms with van der Waals surface area (Å²) in [5.41, 5.74) is 3.33. The summed E-state index contributed by atoms with van der Waals surface area (Å²) in [5, 5.41) is 2.72. The van der Waals surface area contributed by atoms with Crippen molar-refractivity contribution in [1.82, 2.24) is 5.32 Å². The Kier molecular flexibility index (Phi) is 6.39. The molecule has 3 aromatic rings. The second-order valence-electron chi connectivity index (χ2n) is 7.35. The highest BCUT2D eigenvalue weighted by Crippen LogP contribution is 2.41. The largest absolute Gasteiger partial charge is 0.375 e. The first kappa shape index (κ1) is 21.8. The third kappa shape index (κ3) is 4.30. The first-order valence-corrected chi connectivity index (χ1v) is 11.7. The molecular formula is C25H24N2O4S. The molecule has 0 saturated heterocycles. The highest BCUT2D eigenvalue weighted by Gasteiger charge is 2.39. The Labute approximate surface area is 188 Å². The monoisotopic (exact) mass is 448 g/mol. The van der Waals surface area contributed by atoms with Gasteiger partial charge in [0, 0.05) is 24.7 Å². The Morgan fingerprint density at radius 2 is 1.53 bits per heavy atom. The van der Waals surface area contributed by atoms with Crippen LogP contribution in [0.5, 0.6) is 0 Å². The lowest BCUT2D eigenvalue weighted by molar-refractivity contribution is -0.117. The number of fused-ring (bicyclic) bond motifs is 1. The minimum atomic E-state index is -4.04. The maximum Gasteiger partial charge on any atom is 0.270 e. The molecule has 6 nitrogen and oxygen atoms in total. The van der Waals surface area contributed by atoms with Crippen LogP contribution in [0.15, 0.2) is 89.8 Å². The molecule has 0 unspecified atom stereocenters. The van der Waals surface area contributed by atoms with E-state index in [1.807, 2.05) is 72.8 Å². The van der Waals surface area contributed by atoms with E-state index >= 15 is 0 Å². The molecular weight excluding hydrogens is 424 g/mol. The van der Waals surface area contributed by atoms with Gasteiger partial charge in [0.1, 0.15) is 0 Å². The number of sulfonamides is 1. The van der Waals surface area contributed by atoms with Gasteiger partial charge in [-0.2, -0.15) is 0 Å². The van der Waals surface area contributed by atoms with Crippen molar-refractivity contribution >= 4 is 27.2 Å². The van der Waals surface area contributed by atoms with Crippen molar-refractivity contribution in [2.24, 2.45) is 0 Å². The van der Waals surface area contributed by atoms with Gasteiger partial charge >= 0.3 is 0 Å².